The second kappa shape index (κ2) is 7.47. The van der Waals surface area contributed by atoms with Gasteiger partial charge in [0.1, 0.15) is 5.75 Å². The van der Waals surface area contributed by atoms with Gasteiger partial charge >= 0.3 is 0 Å². The van der Waals surface area contributed by atoms with Crippen molar-refractivity contribution in [2.45, 2.75) is 0 Å². The Labute approximate surface area is 143 Å². The van der Waals surface area contributed by atoms with Crippen molar-refractivity contribution in [3.8, 4) is 5.75 Å². The molecule has 3 aromatic carbocycles. The van der Waals surface area contributed by atoms with Gasteiger partial charge in [0.05, 0.1) is 7.11 Å². The zero-order valence-corrected chi connectivity index (χ0v) is 13.8. The molecule has 0 fully saturated rings. The Morgan fingerprint density at radius 3 is 1.71 bits per heavy atom. The number of hydrogen-bond acceptors (Lipinski definition) is 1. The van der Waals surface area contributed by atoms with E-state index in [-0.39, 0.29) is 0 Å². The van der Waals surface area contributed by atoms with Gasteiger partial charge in [0, 0.05) is 0 Å². The molecule has 0 spiro atoms. The number of allylic oxidation sites excluding steroid dienone is 2. The van der Waals surface area contributed by atoms with Crippen LogP contribution >= 0.6 is 0 Å². The van der Waals surface area contributed by atoms with Crippen LogP contribution in [0.4, 0.5) is 0 Å². The third-order valence-corrected chi connectivity index (χ3v) is 4.00. The highest BCUT2D eigenvalue weighted by Gasteiger charge is 2.11. The lowest BCUT2D eigenvalue weighted by molar-refractivity contribution is 0.415. The first-order valence-electron chi connectivity index (χ1n) is 7.95. The van der Waals surface area contributed by atoms with Gasteiger partial charge in [-0.15, -0.1) is 0 Å². The summed E-state index contributed by atoms with van der Waals surface area (Å²) in [6.07, 6.45) is 1.93. The maximum Gasteiger partial charge on any atom is 0.118 e. The summed E-state index contributed by atoms with van der Waals surface area (Å²) in [6.45, 7) is 4.06. The van der Waals surface area contributed by atoms with Crippen LogP contribution in [0.15, 0.2) is 97.6 Å². The highest BCUT2D eigenvalue weighted by molar-refractivity contribution is 6.02. The van der Waals surface area contributed by atoms with Crippen molar-refractivity contribution in [2.24, 2.45) is 0 Å². The van der Waals surface area contributed by atoms with Gasteiger partial charge in [0.2, 0.25) is 0 Å². The van der Waals surface area contributed by atoms with E-state index in [1.54, 1.807) is 7.11 Å². The van der Waals surface area contributed by atoms with Gasteiger partial charge in [-0.3, -0.25) is 0 Å². The van der Waals surface area contributed by atoms with Crippen LogP contribution in [0.25, 0.3) is 11.1 Å². The summed E-state index contributed by atoms with van der Waals surface area (Å²) in [6, 6.07) is 28.9. The van der Waals surface area contributed by atoms with Crippen molar-refractivity contribution in [1.82, 2.24) is 0 Å². The van der Waals surface area contributed by atoms with Crippen LogP contribution in [0.5, 0.6) is 5.75 Å². The average Bonchev–Trinajstić information content (AvgIpc) is 2.67. The number of hydrogen-bond donors (Lipinski definition) is 0. The van der Waals surface area contributed by atoms with Crippen molar-refractivity contribution in [3.63, 3.8) is 0 Å². The van der Waals surface area contributed by atoms with E-state index in [0.29, 0.717) is 0 Å². The first kappa shape index (κ1) is 15.8. The Morgan fingerprint density at radius 2 is 1.21 bits per heavy atom. The largest absolute Gasteiger partial charge is 0.497 e. The molecular formula is C23H20O. The first-order chi connectivity index (χ1) is 11.8. The average molecular weight is 312 g/mol. The van der Waals surface area contributed by atoms with Crippen molar-refractivity contribution in [1.29, 1.82) is 0 Å². The maximum absolute atomic E-state index is 5.29. The van der Waals surface area contributed by atoms with Crippen molar-refractivity contribution < 1.29 is 4.74 Å². The fourth-order valence-corrected chi connectivity index (χ4v) is 2.82. The zero-order valence-electron chi connectivity index (χ0n) is 13.8. The molecule has 0 amide bonds. The van der Waals surface area contributed by atoms with Crippen LogP contribution in [0, 0.1) is 0 Å². The molecule has 0 saturated carbocycles. The molecule has 0 bridgehead atoms. The Bertz CT molecular complexity index is 828. The standard InChI is InChI=1S/C23H20O/c1-3-22(18-10-6-4-7-11-18)23(19-12-8-5-9-13-19)20-14-16-21(24-2)17-15-20/h3-17H,1H2,2H3/b23-22-. The summed E-state index contributed by atoms with van der Waals surface area (Å²) in [5.41, 5.74) is 5.75. The lowest BCUT2D eigenvalue weighted by Crippen LogP contribution is -1.94. The number of methoxy groups -OCH3 is 1. The molecule has 1 heteroatoms. The summed E-state index contributed by atoms with van der Waals surface area (Å²) in [5.74, 6) is 0.853. The SMILES string of the molecule is C=C/C(=C(\c1ccccc1)c1ccc(OC)cc1)c1ccccc1. The van der Waals surface area contributed by atoms with Gasteiger partial charge in [-0.05, 0) is 40.0 Å². The monoisotopic (exact) mass is 312 g/mol. The van der Waals surface area contributed by atoms with Crippen LogP contribution in [0.1, 0.15) is 16.7 Å². The molecule has 0 atom stereocenters. The Balaban J connectivity index is 2.25. The Hall–Kier alpha value is -3.06. The van der Waals surface area contributed by atoms with E-state index < -0.39 is 0 Å². The molecule has 118 valence electrons. The van der Waals surface area contributed by atoms with Crippen molar-refractivity contribution in [2.75, 3.05) is 7.11 Å². The van der Waals surface area contributed by atoms with Crippen LogP contribution in [0.2, 0.25) is 0 Å². The molecule has 3 aromatic rings. The van der Waals surface area contributed by atoms with Gasteiger partial charge in [-0.1, -0.05) is 85.5 Å². The molecule has 0 radical (unpaired) electrons. The minimum Gasteiger partial charge on any atom is -0.497 e. The molecule has 0 aromatic heterocycles. The fraction of sp³-hybridized carbons (Fsp3) is 0.0435. The quantitative estimate of drug-likeness (QED) is 0.425. The molecule has 0 heterocycles. The minimum absolute atomic E-state index is 0.853. The second-order valence-corrected chi connectivity index (χ2v) is 5.45. The maximum atomic E-state index is 5.29. The van der Waals surface area contributed by atoms with E-state index in [9.17, 15) is 0 Å². The molecule has 0 saturated heterocycles. The van der Waals surface area contributed by atoms with Crippen molar-refractivity contribution in [3.05, 3.63) is 114 Å². The fourth-order valence-electron chi connectivity index (χ4n) is 2.82. The summed E-state index contributed by atoms with van der Waals surface area (Å²) in [5, 5.41) is 0. The lowest BCUT2D eigenvalue weighted by atomic mass is 9.89. The van der Waals surface area contributed by atoms with Crippen LogP contribution < -0.4 is 4.74 Å². The van der Waals surface area contributed by atoms with E-state index in [4.69, 9.17) is 4.74 Å². The van der Waals surface area contributed by atoms with Gasteiger partial charge in [-0.2, -0.15) is 0 Å². The summed E-state index contributed by atoms with van der Waals surface area (Å²) in [4.78, 5) is 0. The first-order valence-corrected chi connectivity index (χ1v) is 7.95. The molecule has 0 aliphatic carbocycles. The summed E-state index contributed by atoms with van der Waals surface area (Å²) >= 11 is 0. The number of ether oxygens (including phenoxy) is 1. The van der Waals surface area contributed by atoms with Crippen LogP contribution in [-0.4, -0.2) is 7.11 Å². The van der Waals surface area contributed by atoms with Crippen LogP contribution in [0.3, 0.4) is 0 Å². The number of benzene rings is 3. The van der Waals surface area contributed by atoms with E-state index in [0.717, 1.165) is 22.4 Å². The smallest absolute Gasteiger partial charge is 0.118 e. The molecule has 0 aliphatic rings. The minimum atomic E-state index is 0.853. The molecule has 3 rings (SSSR count). The lowest BCUT2D eigenvalue weighted by Gasteiger charge is -2.15. The van der Waals surface area contributed by atoms with Gasteiger partial charge < -0.3 is 4.74 Å². The molecule has 1 nitrogen and oxygen atoms in total. The second-order valence-electron chi connectivity index (χ2n) is 5.45. The normalized spacial score (nSPS) is 11.5. The molecule has 0 aliphatic heterocycles. The van der Waals surface area contributed by atoms with E-state index in [2.05, 4.69) is 67.2 Å². The zero-order chi connectivity index (χ0) is 16.8. The van der Waals surface area contributed by atoms with E-state index >= 15 is 0 Å². The predicted octanol–water partition coefficient (Wildman–Crippen LogP) is 5.84. The number of rotatable bonds is 5. The molecule has 24 heavy (non-hydrogen) atoms. The van der Waals surface area contributed by atoms with E-state index in [1.807, 2.05) is 30.3 Å². The topological polar surface area (TPSA) is 9.23 Å². The van der Waals surface area contributed by atoms with Gasteiger partial charge in [-0.25, -0.2) is 0 Å². The molecular weight excluding hydrogens is 292 g/mol. The third-order valence-electron chi connectivity index (χ3n) is 4.00. The molecule has 0 unspecified atom stereocenters. The predicted molar refractivity (Wildman–Crippen MR) is 102 cm³/mol. The summed E-state index contributed by atoms with van der Waals surface area (Å²) < 4.78 is 5.29. The third kappa shape index (κ3) is 3.31. The van der Waals surface area contributed by atoms with Crippen LogP contribution in [-0.2, 0) is 0 Å². The highest BCUT2D eigenvalue weighted by atomic mass is 16.5. The van der Waals surface area contributed by atoms with Crippen molar-refractivity contribution >= 4 is 11.1 Å². The molecule has 0 N–H and O–H groups in total. The van der Waals surface area contributed by atoms with Gasteiger partial charge in [0.25, 0.3) is 0 Å². The summed E-state index contributed by atoms with van der Waals surface area (Å²) in [7, 11) is 1.68. The van der Waals surface area contributed by atoms with E-state index in [1.165, 1.54) is 11.1 Å². The van der Waals surface area contributed by atoms with Gasteiger partial charge in [0.15, 0.2) is 0 Å². The Kier molecular flexibility index (Phi) is 4.93. The highest BCUT2D eigenvalue weighted by Crippen LogP contribution is 2.33. The Morgan fingerprint density at radius 1 is 0.708 bits per heavy atom.